The number of piperazine rings is 1. The van der Waals surface area contributed by atoms with Gasteiger partial charge in [0, 0.05) is 49.7 Å². The molecule has 3 aliphatic heterocycles. The maximum absolute atomic E-state index is 13.3. The van der Waals surface area contributed by atoms with E-state index in [1.54, 1.807) is 24.4 Å². The maximum Gasteiger partial charge on any atom is 0.266 e. The number of hydrogen-bond acceptors (Lipinski definition) is 12. The third-order valence-electron chi connectivity index (χ3n) is 10.8. The largest absolute Gasteiger partial charge is 0.493 e. The van der Waals surface area contributed by atoms with Gasteiger partial charge in [-0.2, -0.15) is 0 Å². The summed E-state index contributed by atoms with van der Waals surface area (Å²) in [4.78, 5) is 70.0. The average Bonchev–Trinajstić information content (AvgIpc) is 3.77. The molecule has 2 saturated heterocycles. The number of fused-ring (bicyclic) bond motifs is 3. The Morgan fingerprint density at radius 3 is 2.53 bits per heavy atom. The van der Waals surface area contributed by atoms with Crippen LogP contribution in [-0.4, -0.2) is 103 Å². The van der Waals surface area contributed by atoms with Crippen molar-refractivity contribution in [3.05, 3.63) is 103 Å². The zero-order chi connectivity index (χ0) is 38.9. The fraction of sp³-hybridized carbons (Fsp3) is 0.286. The number of unbranched alkanes of at least 4 members (excludes halogenated alkanes) is 2. The molecule has 6 aromatic rings. The summed E-state index contributed by atoms with van der Waals surface area (Å²) < 4.78 is 7.87. The van der Waals surface area contributed by atoms with Crippen molar-refractivity contribution in [1.82, 2.24) is 39.7 Å². The number of ether oxygens (including phenoxy) is 1. The number of nitrogens with zero attached hydrogens (tertiary/aromatic N) is 8. The van der Waals surface area contributed by atoms with Gasteiger partial charge in [0.25, 0.3) is 11.8 Å². The fourth-order valence-electron chi connectivity index (χ4n) is 7.77. The lowest BCUT2D eigenvalue weighted by atomic mass is 10.0. The second-order valence-electron chi connectivity index (χ2n) is 14.4. The van der Waals surface area contributed by atoms with E-state index in [0.29, 0.717) is 18.3 Å². The van der Waals surface area contributed by atoms with Gasteiger partial charge in [-0.1, -0.05) is 24.3 Å². The second kappa shape index (κ2) is 15.4. The Morgan fingerprint density at radius 1 is 0.807 bits per heavy atom. The number of carbonyl (C=O) groups excluding carboxylic acids is 4. The van der Waals surface area contributed by atoms with E-state index in [1.165, 1.54) is 0 Å². The Morgan fingerprint density at radius 2 is 1.68 bits per heavy atom. The van der Waals surface area contributed by atoms with Gasteiger partial charge in [-0.25, -0.2) is 14.5 Å². The van der Waals surface area contributed by atoms with Crippen LogP contribution in [0.25, 0.3) is 27.7 Å². The Kier molecular flexibility index (Phi) is 9.72. The van der Waals surface area contributed by atoms with E-state index in [0.717, 1.165) is 96.1 Å². The Balaban J connectivity index is 0.721. The minimum absolute atomic E-state index is 0.0743. The normalized spacial score (nSPS) is 17.4. The number of carbonyl (C=O) groups is 4. The Bertz CT molecular complexity index is 2510. The first-order valence-corrected chi connectivity index (χ1v) is 19.3. The SMILES string of the molecule is O=C1CCC(N2C(=O)c3cccc(OCCCCCN4CCN(c5ccc(Nc6ncc7ccc(-c8cnc9ccccc9c8)n7n6)cn5)CC4)c3C2=O)C(=O)N1. The highest BCUT2D eigenvalue weighted by molar-refractivity contribution is 6.24. The van der Waals surface area contributed by atoms with Gasteiger partial charge in [-0.3, -0.25) is 39.3 Å². The summed E-state index contributed by atoms with van der Waals surface area (Å²) in [5.74, 6) is -0.402. The Labute approximate surface area is 327 Å². The molecule has 288 valence electrons. The van der Waals surface area contributed by atoms with E-state index in [9.17, 15) is 19.2 Å². The molecule has 15 nitrogen and oxygen atoms in total. The summed E-state index contributed by atoms with van der Waals surface area (Å²) in [7, 11) is 0. The van der Waals surface area contributed by atoms with Crippen LogP contribution in [0, 0.1) is 0 Å². The lowest BCUT2D eigenvalue weighted by Crippen LogP contribution is -2.54. The molecule has 1 atom stereocenters. The quantitative estimate of drug-likeness (QED) is 0.129. The van der Waals surface area contributed by atoms with Crippen molar-refractivity contribution < 1.29 is 23.9 Å². The molecule has 4 aromatic heterocycles. The number of piperidine rings is 1. The van der Waals surface area contributed by atoms with Crippen LogP contribution in [0.5, 0.6) is 5.75 Å². The predicted octanol–water partition coefficient (Wildman–Crippen LogP) is 4.86. The molecular weight excluding hydrogens is 725 g/mol. The van der Waals surface area contributed by atoms with Crippen molar-refractivity contribution in [3.63, 3.8) is 0 Å². The molecule has 15 heteroatoms. The molecule has 0 aliphatic carbocycles. The molecular formula is C42H40N10O5. The first-order valence-electron chi connectivity index (χ1n) is 19.3. The lowest BCUT2D eigenvalue weighted by molar-refractivity contribution is -0.136. The third-order valence-corrected chi connectivity index (χ3v) is 10.8. The number of nitrogens with one attached hydrogen (secondary N) is 2. The maximum atomic E-state index is 13.3. The van der Waals surface area contributed by atoms with E-state index in [2.05, 4.69) is 42.5 Å². The summed E-state index contributed by atoms with van der Waals surface area (Å²) in [5.41, 5.74) is 4.94. The van der Waals surface area contributed by atoms with Gasteiger partial charge in [0.2, 0.25) is 17.8 Å². The van der Waals surface area contributed by atoms with Gasteiger partial charge < -0.3 is 15.0 Å². The van der Waals surface area contributed by atoms with Crippen molar-refractivity contribution in [2.24, 2.45) is 0 Å². The topological polar surface area (TPSA) is 167 Å². The molecule has 2 aromatic carbocycles. The number of pyridine rings is 2. The zero-order valence-corrected chi connectivity index (χ0v) is 31.1. The summed E-state index contributed by atoms with van der Waals surface area (Å²) in [6.45, 7) is 5.01. The number of para-hydroxylation sites is 1. The minimum Gasteiger partial charge on any atom is -0.493 e. The number of amides is 4. The smallest absolute Gasteiger partial charge is 0.266 e. The molecule has 3 aliphatic rings. The average molecular weight is 765 g/mol. The van der Waals surface area contributed by atoms with E-state index in [-0.39, 0.29) is 24.0 Å². The van der Waals surface area contributed by atoms with Crippen LogP contribution in [0.3, 0.4) is 0 Å². The van der Waals surface area contributed by atoms with E-state index in [1.807, 2.05) is 59.4 Å². The summed E-state index contributed by atoms with van der Waals surface area (Å²) in [6.07, 6.45) is 8.42. The summed E-state index contributed by atoms with van der Waals surface area (Å²) in [5, 5.41) is 11.4. The number of aromatic nitrogens is 5. The molecule has 2 fully saturated rings. The number of anilines is 3. The molecule has 9 rings (SSSR count). The van der Waals surface area contributed by atoms with Crippen LogP contribution in [0.2, 0.25) is 0 Å². The standard InChI is InChI=1S/C42H40N10O5/c53-37-16-14-34(39(54)47-37)51-40(55)31-8-6-10-35(38(31)41(51)56)57-22-5-1-4-17-49-18-20-50(21-19-49)36-15-11-29(25-44-36)46-42-45-26-30-12-13-33(52(30)48-42)28-23-27-7-2-3-9-32(27)43-24-28/h2-3,6-13,15,23-26,34H,1,4-5,14,16-22H2,(H,46,48)(H,47,53,54). The highest BCUT2D eigenvalue weighted by atomic mass is 16.5. The molecule has 7 heterocycles. The summed E-state index contributed by atoms with van der Waals surface area (Å²) >= 11 is 0. The first-order chi connectivity index (χ1) is 27.9. The molecule has 4 amide bonds. The van der Waals surface area contributed by atoms with Crippen molar-refractivity contribution in [2.75, 3.05) is 49.5 Å². The lowest BCUT2D eigenvalue weighted by Gasteiger charge is -2.35. The van der Waals surface area contributed by atoms with Crippen LogP contribution < -0.4 is 20.3 Å². The van der Waals surface area contributed by atoms with Crippen molar-refractivity contribution in [1.29, 1.82) is 0 Å². The van der Waals surface area contributed by atoms with Gasteiger partial charge >= 0.3 is 0 Å². The molecule has 0 bridgehead atoms. The summed E-state index contributed by atoms with van der Waals surface area (Å²) in [6, 6.07) is 22.1. The van der Waals surface area contributed by atoms with Gasteiger partial charge in [0.05, 0.1) is 52.5 Å². The number of benzene rings is 2. The van der Waals surface area contributed by atoms with Crippen LogP contribution >= 0.6 is 0 Å². The first kappa shape index (κ1) is 35.9. The molecule has 57 heavy (non-hydrogen) atoms. The van der Waals surface area contributed by atoms with Crippen molar-refractivity contribution >= 4 is 57.5 Å². The van der Waals surface area contributed by atoms with Crippen LogP contribution in [-0.2, 0) is 9.59 Å². The van der Waals surface area contributed by atoms with Gasteiger partial charge in [-0.15, -0.1) is 5.10 Å². The van der Waals surface area contributed by atoms with Crippen molar-refractivity contribution in [3.8, 4) is 17.0 Å². The van der Waals surface area contributed by atoms with E-state index < -0.39 is 29.7 Å². The van der Waals surface area contributed by atoms with Gasteiger partial charge in [0.15, 0.2) is 0 Å². The monoisotopic (exact) mass is 764 g/mol. The van der Waals surface area contributed by atoms with Crippen LogP contribution in [0.4, 0.5) is 17.5 Å². The zero-order valence-electron chi connectivity index (χ0n) is 31.1. The fourth-order valence-corrected chi connectivity index (χ4v) is 7.77. The van der Waals surface area contributed by atoms with E-state index >= 15 is 0 Å². The Hall–Kier alpha value is -6.74. The number of imide groups is 2. The van der Waals surface area contributed by atoms with Gasteiger partial charge in [0.1, 0.15) is 17.6 Å². The highest BCUT2D eigenvalue weighted by Gasteiger charge is 2.46. The second-order valence-corrected chi connectivity index (χ2v) is 14.4. The minimum atomic E-state index is -1.01. The van der Waals surface area contributed by atoms with E-state index in [4.69, 9.17) is 14.8 Å². The molecule has 2 N–H and O–H groups in total. The predicted molar refractivity (Wildman–Crippen MR) is 212 cm³/mol. The molecule has 0 saturated carbocycles. The van der Waals surface area contributed by atoms with Crippen molar-refractivity contribution in [2.45, 2.75) is 38.1 Å². The molecule has 0 spiro atoms. The highest BCUT2D eigenvalue weighted by Crippen LogP contribution is 2.34. The number of rotatable bonds is 12. The van der Waals surface area contributed by atoms with Gasteiger partial charge in [-0.05, 0) is 80.8 Å². The molecule has 1 unspecified atom stereocenters. The molecule has 0 radical (unpaired) electrons. The number of hydrogen-bond donors (Lipinski definition) is 2. The van der Waals surface area contributed by atoms with Crippen LogP contribution in [0.15, 0.2) is 91.4 Å². The third kappa shape index (κ3) is 7.24. The van der Waals surface area contributed by atoms with Crippen LogP contribution in [0.1, 0.15) is 52.8 Å².